The smallest absolute Gasteiger partial charge is 0.237 e. The van der Waals surface area contributed by atoms with Crippen molar-refractivity contribution in [3.63, 3.8) is 0 Å². The second-order valence-electron chi connectivity index (χ2n) is 41.2. The fraction of sp³-hybridized carbons (Fsp3) is 0.331. The molecule has 0 fully saturated rings. The summed E-state index contributed by atoms with van der Waals surface area (Å²) in [7, 11) is 8.55. The van der Waals surface area contributed by atoms with Crippen molar-refractivity contribution >= 4 is 111 Å². The Morgan fingerprint density at radius 3 is 0.871 bits per heavy atom. The van der Waals surface area contributed by atoms with Crippen LogP contribution < -0.4 is 32.6 Å². The second-order valence-corrected chi connectivity index (χ2v) is 41.2. The Bertz CT molecular complexity index is 7740. The van der Waals surface area contributed by atoms with Gasteiger partial charge >= 0.3 is 29.7 Å². The Morgan fingerprint density at radius 1 is 0.266 bits per heavy atom. The maximum Gasteiger partial charge on any atom is 0.370 e. The maximum atomic E-state index is 8.29. The number of benzene rings is 12. The number of hydrogen-bond acceptors (Lipinski definition) is 2. The summed E-state index contributed by atoms with van der Waals surface area (Å²) in [4.78, 5) is 4.59. The minimum Gasteiger partial charge on any atom is -0.237 e. The zero-order valence-electron chi connectivity index (χ0n) is 90.8. The zero-order valence-corrected chi connectivity index (χ0v) is 87.8. The quantitative estimate of drug-likeness (QED) is 0.0714. The first kappa shape index (κ1) is 94.2. The van der Waals surface area contributed by atoms with Crippen LogP contribution in [0.3, 0.4) is 0 Å². The van der Waals surface area contributed by atoms with Crippen molar-refractivity contribution in [2.45, 2.75) is 246 Å². The molecule has 0 aliphatic carbocycles. The van der Waals surface area contributed by atoms with E-state index in [4.69, 9.17) is 4.11 Å². The molecule has 8 aromatic heterocycles. The Hall–Kier alpha value is -13.8. The van der Waals surface area contributed by atoms with Crippen molar-refractivity contribution in [1.82, 2.24) is 36.5 Å². The van der Waals surface area contributed by atoms with Crippen LogP contribution in [0.15, 0.2) is 298 Å². The van der Waals surface area contributed by atoms with Crippen molar-refractivity contribution in [2.24, 2.45) is 14.1 Å². The first-order valence-corrected chi connectivity index (χ1v) is 50.5. The largest absolute Gasteiger partial charge is 0.370 e. The summed E-state index contributed by atoms with van der Waals surface area (Å²) in [6.07, 6.45) is 13.1. The lowest BCUT2D eigenvalue weighted by Gasteiger charge is -2.22. The molecule has 0 aliphatic rings. The van der Waals surface area contributed by atoms with E-state index in [1.54, 1.807) is 6.07 Å². The van der Waals surface area contributed by atoms with Gasteiger partial charge in [0.15, 0.2) is 0 Å². The van der Waals surface area contributed by atoms with Crippen molar-refractivity contribution in [3.8, 4) is 29.2 Å². The fourth-order valence-corrected chi connectivity index (χ4v) is 21.3. The van der Waals surface area contributed by atoms with Crippen molar-refractivity contribution in [1.29, 1.82) is 0 Å². The molecule has 0 N–H and O–H groups in total. The van der Waals surface area contributed by atoms with Gasteiger partial charge in [0.2, 0.25) is 0 Å². The van der Waals surface area contributed by atoms with E-state index in [9.17, 15) is 0 Å². The van der Waals surface area contributed by atoms with E-state index in [0.717, 1.165) is 33.9 Å². The van der Waals surface area contributed by atoms with Gasteiger partial charge in [-0.15, -0.1) is 0 Å². The molecule has 15 heteroatoms. The number of anilines is 4. The van der Waals surface area contributed by atoms with Crippen LogP contribution in [-0.4, -0.2) is 50.6 Å². The molecule has 0 saturated heterocycles. The van der Waals surface area contributed by atoms with E-state index in [2.05, 4.69) is 531 Å². The maximum absolute atomic E-state index is 8.29. The van der Waals surface area contributed by atoms with Crippen LogP contribution in [0.1, 0.15) is 272 Å². The van der Waals surface area contributed by atoms with Crippen LogP contribution >= 0.6 is 0 Å². The van der Waals surface area contributed by atoms with Gasteiger partial charge in [-0.3, -0.25) is 0 Å². The van der Waals surface area contributed by atoms with Gasteiger partial charge in [-0.05, 0) is 245 Å². The molecule has 15 nitrogen and oxygen atoms in total. The third-order valence-corrected chi connectivity index (χ3v) is 27.9. The van der Waals surface area contributed by atoms with Crippen molar-refractivity contribution in [3.05, 3.63) is 348 Å². The summed E-state index contributed by atoms with van der Waals surface area (Å²) in [5, 5.41) is 7.95. The molecule has 0 atom stereocenters. The van der Waals surface area contributed by atoms with Crippen LogP contribution in [0.4, 0.5) is 23.3 Å². The molecular weight excluding hydrogens is 1700 g/mol. The molecule has 0 radical (unpaired) electrons. The van der Waals surface area contributed by atoms with Crippen LogP contribution in [0.2, 0.25) is 0 Å². The fourth-order valence-electron chi connectivity index (χ4n) is 21.3. The number of imidazole rings is 5. The van der Waals surface area contributed by atoms with Crippen molar-refractivity contribution < 1.29 is 26.9 Å². The number of para-hydroxylation sites is 14. The summed E-state index contributed by atoms with van der Waals surface area (Å²) < 4.78 is 55.6. The second kappa shape index (κ2) is 40.7. The highest BCUT2D eigenvalue weighted by atomic mass is 15.4. The molecule has 12 aromatic carbocycles. The van der Waals surface area contributed by atoms with Gasteiger partial charge in [0, 0.05) is 36.4 Å². The third-order valence-electron chi connectivity index (χ3n) is 27.9. The van der Waals surface area contributed by atoms with Crippen LogP contribution in [0, 0.1) is 27.6 Å². The Labute approximate surface area is 830 Å². The highest BCUT2D eigenvalue weighted by Gasteiger charge is 2.38. The minimum absolute atomic E-state index is 0.162. The average Bonchev–Trinajstić information content (AvgIpc) is 1.57. The summed E-state index contributed by atoms with van der Waals surface area (Å²) in [6.45, 7) is 53.6. The normalized spacial score (nSPS) is 12.4. The first-order chi connectivity index (χ1) is 67.8. The summed E-state index contributed by atoms with van der Waals surface area (Å²) in [6, 6.07) is 94.9. The Balaban J connectivity index is 0.000000128. The molecule has 0 saturated carbocycles. The SMILES string of the molecule is CC(C)c1cccc2c3ccccc3n(-c3n(C(C)C)cc[n+]3C(C)C)c12.CC(C)c1cccc2c3ccccc3n(-c3n(C(C)C)cc[n+]3C)c12.CC(C)c1cccc2c3ccccc3n(-c3n(C(C)C)cc[n+]3C)c12.Cc1cccc(C)c1-n1c(N(C)c2ccccc2C(C)C)[n+](C(C)C)c2ccccc21.[2H]C([2H])([2H])c1cccc(C)c1-n1c(N(C)c2ccccc2C(C)C)[n+](C(C)C)c2ccccc21. The Kier molecular flexibility index (Phi) is 27.6. The standard InChI is InChI=1S/2C28H34N3.C24H30N3.2C22H26N3/c2*1-19(2)23-15-8-9-16-24(23)29(7)28-30(20(3)4)25-17-10-11-18-26(25)31(28)27-21(5)13-12-14-22(27)6;1-16(2)19-11-9-12-21-20-10-7-8-13-22(20)27(23(19)21)24-25(17(3)4)14-15-26(24)18(5)6;2*1-15(2)17-10-8-11-19-18-9-6-7-12-20(18)25(21(17)19)22-23(5)13-14-24(22)16(3)4/h2*8-20H,1-7H3;7-18H,1-6H3;2*6-16H,1-5H3/q5*+1/i5D3;;;;. The van der Waals surface area contributed by atoms with Gasteiger partial charge in [-0.1, -0.05) is 275 Å². The molecule has 0 aliphatic heterocycles. The van der Waals surface area contributed by atoms with Crippen LogP contribution in [0.5, 0.6) is 0 Å². The lowest BCUT2D eigenvalue weighted by atomic mass is 10.00. The van der Waals surface area contributed by atoms with Gasteiger partial charge in [0.05, 0.1) is 102 Å². The van der Waals surface area contributed by atoms with Crippen LogP contribution in [0.25, 0.3) is 117 Å². The minimum atomic E-state index is -2.24. The molecular formula is C124H150N15+5. The molecule has 0 bridgehead atoms. The van der Waals surface area contributed by atoms with E-state index in [1.807, 2.05) is 31.2 Å². The number of fused-ring (bicyclic) bond motifs is 11. The number of aryl methyl sites for hydroxylation is 6. The van der Waals surface area contributed by atoms with Crippen LogP contribution in [-0.2, 0) is 14.1 Å². The number of nitrogens with zero attached hydrogens (tertiary/aromatic N) is 15. The monoisotopic (exact) mass is 1850 g/mol. The Morgan fingerprint density at radius 2 is 0.540 bits per heavy atom. The molecule has 0 spiro atoms. The molecule has 20 aromatic rings. The lowest BCUT2D eigenvalue weighted by molar-refractivity contribution is -0.709. The highest BCUT2D eigenvalue weighted by molar-refractivity contribution is 6.12. The van der Waals surface area contributed by atoms with Gasteiger partial charge in [-0.25, -0.2) is 46.3 Å². The van der Waals surface area contributed by atoms with Gasteiger partial charge in [0.25, 0.3) is 0 Å². The number of hydrogen-bond donors (Lipinski definition) is 0. The van der Waals surface area contributed by atoms with Gasteiger partial charge < -0.3 is 0 Å². The molecule has 716 valence electrons. The van der Waals surface area contributed by atoms with Gasteiger partial charge in [-0.2, -0.15) is 22.8 Å². The van der Waals surface area contributed by atoms with E-state index in [-0.39, 0.29) is 6.04 Å². The summed E-state index contributed by atoms with van der Waals surface area (Å²) in [5.74, 6) is 7.96. The average molecular weight is 1850 g/mol. The lowest BCUT2D eigenvalue weighted by Crippen LogP contribution is -2.41. The molecule has 0 amide bonds. The number of aromatic nitrogens is 13. The third kappa shape index (κ3) is 18.1. The predicted octanol–water partition coefficient (Wildman–Crippen LogP) is 30.4. The van der Waals surface area contributed by atoms with Crippen molar-refractivity contribution in [2.75, 3.05) is 23.9 Å². The molecule has 139 heavy (non-hydrogen) atoms. The topological polar surface area (TPSA) is 65.3 Å². The van der Waals surface area contributed by atoms with E-state index >= 15 is 0 Å². The summed E-state index contributed by atoms with van der Waals surface area (Å²) >= 11 is 0. The highest BCUT2D eigenvalue weighted by Crippen LogP contribution is 2.44. The van der Waals surface area contributed by atoms with E-state index < -0.39 is 6.85 Å². The first-order valence-electron chi connectivity index (χ1n) is 52.0. The molecule has 0 unspecified atom stereocenters. The predicted molar refractivity (Wildman–Crippen MR) is 587 cm³/mol. The van der Waals surface area contributed by atoms with Gasteiger partial charge in [0.1, 0.15) is 77.9 Å². The number of rotatable bonds is 20. The summed E-state index contributed by atoms with van der Waals surface area (Å²) in [5.41, 5.74) is 27.3. The van der Waals surface area contributed by atoms with E-state index in [1.165, 1.54) is 151 Å². The molecule has 20 rings (SSSR count). The van der Waals surface area contributed by atoms with E-state index in [0.29, 0.717) is 65.4 Å². The zero-order chi connectivity index (χ0) is 102. The molecule has 8 heterocycles.